The Labute approximate surface area is 127 Å². The Hall–Kier alpha value is -2.79. The summed E-state index contributed by atoms with van der Waals surface area (Å²) in [5.41, 5.74) is 4.05. The number of hydrogen-bond donors (Lipinski definition) is 2. The second-order valence-electron chi connectivity index (χ2n) is 4.97. The van der Waals surface area contributed by atoms with E-state index in [1.54, 1.807) is 24.7 Å². The molecule has 0 fully saturated rings. The average molecular weight is 296 g/mol. The molecule has 1 amide bonds. The van der Waals surface area contributed by atoms with Crippen LogP contribution in [0.15, 0.2) is 54.7 Å². The molecule has 0 radical (unpaired) electrons. The third kappa shape index (κ3) is 2.54. The van der Waals surface area contributed by atoms with Crippen LogP contribution in [0.2, 0.25) is 0 Å². The summed E-state index contributed by atoms with van der Waals surface area (Å²) in [7, 11) is 1.65. The second-order valence-corrected chi connectivity index (χ2v) is 4.97. The number of nitrogens with one attached hydrogen (secondary N) is 1. The van der Waals surface area contributed by atoms with Crippen molar-refractivity contribution in [2.75, 3.05) is 7.11 Å². The first-order chi connectivity index (χ1) is 10.7. The molecule has 1 heterocycles. The van der Waals surface area contributed by atoms with Gasteiger partial charge in [-0.15, -0.1) is 0 Å². The van der Waals surface area contributed by atoms with Gasteiger partial charge < -0.3 is 9.30 Å². The van der Waals surface area contributed by atoms with Gasteiger partial charge >= 0.3 is 0 Å². The van der Waals surface area contributed by atoms with Crippen LogP contribution in [0.3, 0.4) is 0 Å². The van der Waals surface area contributed by atoms with Crippen molar-refractivity contribution < 1.29 is 14.7 Å². The van der Waals surface area contributed by atoms with Gasteiger partial charge in [0.15, 0.2) is 0 Å². The fourth-order valence-electron chi connectivity index (χ4n) is 2.54. The van der Waals surface area contributed by atoms with Gasteiger partial charge in [-0.05, 0) is 29.7 Å². The molecule has 5 heteroatoms. The largest absolute Gasteiger partial charge is 0.496 e. The predicted molar refractivity (Wildman–Crippen MR) is 83.3 cm³/mol. The predicted octanol–water partition coefficient (Wildman–Crippen LogP) is 2.82. The molecule has 2 N–H and O–H groups in total. The smallest absolute Gasteiger partial charge is 0.274 e. The molecule has 22 heavy (non-hydrogen) atoms. The number of amides is 1. The molecule has 3 aromatic rings. The van der Waals surface area contributed by atoms with Crippen LogP contribution in [0.1, 0.15) is 15.9 Å². The van der Waals surface area contributed by atoms with Gasteiger partial charge in [-0.1, -0.05) is 24.3 Å². The number of benzene rings is 2. The molecule has 0 aliphatic carbocycles. The SMILES string of the molecule is COc1ccccc1Cn1ccc2ccc(C(=O)NO)cc21. The van der Waals surface area contributed by atoms with Crippen molar-refractivity contribution in [3.8, 4) is 5.75 Å². The minimum atomic E-state index is -0.521. The Morgan fingerprint density at radius 3 is 2.82 bits per heavy atom. The molecule has 0 atom stereocenters. The van der Waals surface area contributed by atoms with Crippen molar-refractivity contribution in [2.45, 2.75) is 6.54 Å². The Balaban J connectivity index is 2.02. The number of para-hydroxylation sites is 1. The zero-order chi connectivity index (χ0) is 15.5. The van der Waals surface area contributed by atoms with Crippen molar-refractivity contribution >= 4 is 16.8 Å². The number of hydroxylamine groups is 1. The van der Waals surface area contributed by atoms with E-state index in [4.69, 9.17) is 9.94 Å². The molecule has 0 saturated carbocycles. The monoisotopic (exact) mass is 296 g/mol. The van der Waals surface area contributed by atoms with E-state index in [1.165, 1.54) is 0 Å². The maximum absolute atomic E-state index is 11.6. The Bertz CT molecular complexity index is 824. The third-order valence-corrected chi connectivity index (χ3v) is 3.67. The van der Waals surface area contributed by atoms with E-state index in [9.17, 15) is 4.79 Å². The van der Waals surface area contributed by atoms with Crippen LogP contribution in [0.4, 0.5) is 0 Å². The number of carbonyl (C=O) groups is 1. The number of methoxy groups -OCH3 is 1. The standard InChI is InChI=1S/C17H16N2O3/c1-22-16-5-3-2-4-14(16)11-19-9-8-12-6-7-13(10-15(12)19)17(20)18-21/h2-10,21H,11H2,1H3,(H,18,20). The van der Waals surface area contributed by atoms with Gasteiger partial charge in [0.2, 0.25) is 0 Å². The first-order valence-electron chi connectivity index (χ1n) is 6.88. The molecule has 112 valence electrons. The molecule has 0 bridgehead atoms. The number of rotatable bonds is 4. The zero-order valence-corrected chi connectivity index (χ0v) is 12.1. The van der Waals surface area contributed by atoms with Crippen molar-refractivity contribution in [1.82, 2.24) is 10.0 Å². The maximum Gasteiger partial charge on any atom is 0.274 e. The van der Waals surface area contributed by atoms with Gasteiger partial charge in [-0.25, -0.2) is 5.48 Å². The highest BCUT2D eigenvalue weighted by molar-refractivity contribution is 5.97. The number of carbonyl (C=O) groups excluding carboxylic acids is 1. The molecule has 0 saturated heterocycles. The van der Waals surface area contributed by atoms with Crippen LogP contribution < -0.4 is 10.2 Å². The molecule has 0 aliphatic rings. The Morgan fingerprint density at radius 2 is 2.05 bits per heavy atom. The number of nitrogens with zero attached hydrogens (tertiary/aromatic N) is 1. The lowest BCUT2D eigenvalue weighted by Crippen LogP contribution is -2.18. The molecule has 3 rings (SSSR count). The number of aromatic nitrogens is 1. The van der Waals surface area contributed by atoms with Gasteiger partial charge in [-0.2, -0.15) is 0 Å². The summed E-state index contributed by atoms with van der Waals surface area (Å²) in [6, 6.07) is 15.1. The van der Waals surface area contributed by atoms with E-state index in [0.29, 0.717) is 12.1 Å². The van der Waals surface area contributed by atoms with Crippen LogP contribution >= 0.6 is 0 Å². The van der Waals surface area contributed by atoms with Crippen LogP contribution in [0.25, 0.3) is 10.9 Å². The van der Waals surface area contributed by atoms with Crippen molar-refractivity contribution in [2.24, 2.45) is 0 Å². The van der Waals surface area contributed by atoms with Gasteiger partial charge in [0.1, 0.15) is 5.75 Å². The summed E-state index contributed by atoms with van der Waals surface area (Å²) in [5.74, 6) is 0.306. The topological polar surface area (TPSA) is 63.5 Å². The summed E-state index contributed by atoms with van der Waals surface area (Å²) < 4.78 is 7.42. The van der Waals surface area contributed by atoms with Crippen molar-refractivity contribution in [1.29, 1.82) is 0 Å². The molecular weight excluding hydrogens is 280 g/mol. The summed E-state index contributed by atoms with van der Waals surface area (Å²) in [5, 5.41) is 9.79. The van der Waals surface area contributed by atoms with Crippen molar-refractivity contribution in [3.05, 3.63) is 65.9 Å². The van der Waals surface area contributed by atoms with Gasteiger partial charge in [-0.3, -0.25) is 10.0 Å². The molecular formula is C17H16N2O3. The lowest BCUT2D eigenvalue weighted by molar-refractivity contribution is 0.0706. The van der Waals surface area contributed by atoms with E-state index in [2.05, 4.69) is 0 Å². The van der Waals surface area contributed by atoms with Gasteiger partial charge in [0.25, 0.3) is 5.91 Å². The Morgan fingerprint density at radius 1 is 1.23 bits per heavy atom. The summed E-state index contributed by atoms with van der Waals surface area (Å²) in [6.45, 7) is 0.637. The van der Waals surface area contributed by atoms with E-state index in [-0.39, 0.29) is 0 Å². The molecule has 0 aliphatic heterocycles. The second kappa shape index (κ2) is 5.91. The van der Waals surface area contributed by atoms with E-state index < -0.39 is 5.91 Å². The number of hydrogen-bond acceptors (Lipinski definition) is 3. The summed E-state index contributed by atoms with van der Waals surface area (Å²) in [4.78, 5) is 11.6. The fraction of sp³-hybridized carbons (Fsp3) is 0.118. The summed E-state index contributed by atoms with van der Waals surface area (Å²) >= 11 is 0. The molecule has 0 unspecified atom stereocenters. The van der Waals surface area contributed by atoms with Gasteiger partial charge in [0, 0.05) is 22.8 Å². The highest BCUT2D eigenvalue weighted by Gasteiger charge is 2.09. The van der Waals surface area contributed by atoms with Crippen LogP contribution in [0, 0.1) is 0 Å². The molecule has 2 aromatic carbocycles. The quantitative estimate of drug-likeness (QED) is 0.575. The lowest BCUT2D eigenvalue weighted by Gasteiger charge is -2.10. The number of fused-ring (bicyclic) bond motifs is 1. The zero-order valence-electron chi connectivity index (χ0n) is 12.1. The van der Waals surface area contributed by atoms with E-state index in [0.717, 1.165) is 22.2 Å². The third-order valence-electron chi connectivity index (χ3n) is 3.67. The van der Waals surface area contributed by atoms with E-state index in [1.807, 2.05) is 47.2 Å². The summed E-state index contributed by atoms with van der Waals surface area (Å²) in [6.07, 6.45) is 1.97. The molecule has 5 nitrogen and oxygen atoms in total. The first kappa shape index (κ1) is 14.2. The van der Waals surface area contributed by atoms with Crippen LogP contribution in [-0.2, 0) is 6.54 Å². The lowest BCUT2D eigenvalue weighted by atomic mass is 10.1. The molecule has 1 aromatic heterocycles. The molecule has 0 spiro atoms. The number of ether oxygens (including phenoxy) is 1. The minimum absolute atomic E-state index is 0.412. The fourth-order valence-corrected chi connectivity index (χ4v) is 2.54. The highest BCUT2D eigenvalue weighted by Crippen LogP contribution is 2.23. The average Bonchev–Trinajstić information content (AvgIpc) is 2.97. The first-order valence-corrected chi connectivity index (χ1v) is 6.88. The van der Waals surface area contributed by atoms with Crippen molar-refractivity contribution in [3.63, 3.8) is 0 Å². The van der Waals surface area contributed by atoms with E-state index >= 15 is 0 Å². The highest BCUT2D eigenvalue weighted by atomic mass is 16.5. The normalized spacial score (nSPS) is 10.6. The minimum Gasteiger partial charge on any atom is -0.496 e. The van der Waals surface area contributed by atoms with Crippen LogP contribution in [0.5, 0.6) is 5.75 Å². The maximum atomic E-state index is 11.6. The van der Waals surface area contributed by atoms with Crippen LogP contribution in [-0.4, -0.2) is 22.8 Å². The van der Waals surface area contributed by atoms with Gasteiger partial charge in [0.05, 0.1) is 13.7 Å². The Kier molecular flexibility index (Phi) is 3.80.